The van der Waals surface area contributed by atoms with E-state index in [0.717, 1.165) is 12.1 Å². The van der Waals surface area contributed by atoms with Gasteiger partial charge in [0.2, 0.25) is 0 Å². The van der Waals surface area contributed by atoms with E-state index in [9.17, 15) is 22.8 Å². The SMILES string of the molecule is O=C(Nc1ccccc1)c1cc(=O)c2cc(C3=CN=C3)cc(C(F)(F)F)c2[nH]1. The third-order valence-electron chi connectivity index (χ3n) is 4.28. The summed E-state index contributed by atoms with van der Waals surface area (Å²) < 4.78 is 40.9. The van der Waals surface area contributed by atoms with Gasteiger partial charge in [-0.3, -0.25) is 14.6 Å². The second kappa shape index (κ2) is 6.49. The number of para-hydroxylation sites is 1. The molecule has 0 aliphatic carbocycles. The van der Waals surface area contributed by atoms with E-state index in [1.165, 1.54) is 18.5 Å². The van der Waals surface area contributed by atoms with Gasteiger partial charge in [-0.2, -0.15) is 13.2 Å². The van der Waals surface area contributed by atoms with Crippen LogP contribution in [0.1, 0.15) is 21.6 Å². The number of aromatic nitrogens is 1. The minimum atomic E-state index is -4.72. The van der Waals surface area contributed by atoms with Crippen LogP contribution in [-0.4, -0.2) is 17.1 Å². The van der Waals surface area contributed by atoms with E-state index < -0.39 is 28.6 Å². The molecule has 0 unspecified atom stereocenters. The minimum absolute atomic E-state index is 0.151. The van der Waals surface area contributed by atoms with Crippen molar-refractivity contribution in [2.45, 2.75) is 6.18 Å². The Morgan fingerprint density at radius 2 is 1.79 bits per heavy atom. The molecule has 0 saturated carbocycles. The molecule has 1 amide bonds. The molecule has 8 heteroatoms. The molecular weight excluding hydrogens is 371 g/mol. The van der Waals surface area contributed by atoms with Gasteiger partial charge in [0.05, 0.1) is 11.1 Å². The van der Waals surface area contributed by atoms with Crippen LogP contribution in [0.25, 0.3) is 16.5 Å². The minimum Gasteiger partial charge on any atom is -0.350 e. The fourth-order valence-corrected chi connectivity index (χ4v) is 2.88. The number of H-pyrrole nitrogens is 1. The Morgan fingerprint density at radius 3 is 2.39 bits per heavy atom. The first-order chi connectivity index (χ1) is 13.3. The highest BCUT2D eigenvalue weighted by Crippen LogP contribution is 2.36. The number of allylic oxidation sites excluding steroid dienone is 1. The molecule has 4 rings (SSSR count). The van der Waals surface area contributed by atoms with Crippen LogP contribution < -0.4 is 10.7 Å². The summed E-state index contributed by atoms with van der Waals surface area (Å²) in [6, 6.07) is 11.7. The van der Waals surface area contributed by atoms with Gasteiger partial charge >= 0.3 is 6.18 Å². The number of nitrogens with zero attached hydrogens (tertiary/aromatic N) is 1. The third-order valence-corrected chi connectivity index (χ3v) is 4.28. The molecule has 0 atom stereocenters. The number of pyridine rings is 1. The maximum Gasteiger partial charge on any atom is 0.418 e. The molecule has 0 radical (unpaired) electrons. The van der Waals surface area contributed by atoms with E-state index in [1.54, 1.807) is 30.3 Å². The molecule has 1 aliphatic rings. The van der Waals surface area contributed by atoms with Crippen LogP contribution in [0.2, 0.25) is 0 Å². The number of nitrogens with one attached hydrogen (secondary N) is 2. The van der Waals surface area contributed by atoms with E-state index >= 15 is 0 Å². The van der Waals surface area contributed by atoms with Crippen LogP contribution >= 0.6 is 0 Å². The van der Waals surface area contributed by atoms with Crippen molar-refractivity contribution in [3.05, 3.63) is 81.8 Å². The summed E-state index contributed by atoms with van der Waals surface area (Å²) in [5.41, 5.74) is -1.21. The third kappa shape index (κ3) is 3.20. The van der Waals surface area contributed by atoms with Gasteiger partial charge in [0.1, 0.15) is 5.69 Å². The topological polar surface area (TPSA) is 74.3 Å². The number of halogens is 3. The molecule has 0 saturated heterocycles. The van der Waals surface area contributed by atoms with E-state index in [2.05, 4.69) is 15.3 Å². The Hall–Kier alpha value is -3.68. The number of aliphatic imine (C=N–C) groups is 1. The van der Waals surface area contributed by atoms with Crippen molar-refractivity contribution < 1.29 is 18.0 Å². The number of alkyl halides is 3. The van der Waals surface area contributed by atoms with Gasteiger partial charge < -0.3 is 10.3 Å². The molecule has 0 spiro atoms. The summed E-state index contributed by atoms with van der Waals surface area (Å²) in [6.45, 7) is 0. The number of amides is 1. The van der Waals surface area contributed by atoms with Crippen LogP contribution in [0.4, 0.5) is 18.9 Å². The summed E-state index contributed by atoms with van der Waals surface area (Å²) in [6.07, 6.45) is -1.89. The second-order valence-corrected chi connectivity index (χ2v) is 6.17. The van der Waals surface area contributed by atoms with Crippen molar-refractivity contribution >= 4 is 34.3 Å². The first-order valence-electron chi connectivity index (χ1n) is 8.21. The Kier molecular flexibility index (Phi) is 4.11. The normalized spacial score (nSPS) is 13.2. The van der Waals surface area contributed by atoms with Gasteiger partial charge in [-0.05, 0) is 29.8 Å². The molecule has 2 aromatic carbocycles. The zero-order chi connectivity index (χ0) is 19.9. The smallest absolute Gasteiger partial charge is 0.350 e. The largest absolute Gasteiger partial charge is 0.418 e. The zero-order valence-electron chi connectivity index (χ0n) is 14.2. The molecule has 2 N–H and O–H groups in total. The Bertz CT molecular complexity index is 1210. The van der Waals surface area contributed by atoms with Crippen molar-refractivity contribution in [2.24, 2.45) is 4.99 Å². The van der Waals surface area contributed by atoms with E-state index in [0.29, 0.717) is 11.3 Å². The van der Waals surface area contributed by atoms with Crippen LogP contribution in [0, 0.1) is 0 Å². The lowest BCUT2D eigenvalue weighted by molar-refractivity contribution is -0.136. The van der Waals surface area contributed by atoms with Crippen molar-refractivity contribution in [3.8, 4) is 0 Å². The van der Waals surface area contributed by atoms with Gasteiger partial charge in [-0.1, -0.05) is 18.2 Å². The first kappa shape index (κ1) is 17.7. The number of aromatic amines is 1. The fourth-order valence-electron chi connectivity index (χ4n) is 2.88. The van der Waals surface area contributed by atoms with E-state index in [1.807, 2.05) is 0 Å². The Labute approximate surface area is 156 Å². The lowest BCUT2D eigenvalue weighted by atomic mass is 9.98. The fraction of sp³-hybridized carbons (Fsp3) is 0.0500. The highest BCUT2D eigenvalue weighted by Gasteiger charge is 2.34. The average molecular weight is 383 g/mol. The number of anilines is 1. The molecule has 0 fully saturated rings. The maximum absolute atomic E-state index is 13.6. The van der Waals surface area contributed by atoms with E-state index in [4.69, 9.17) is 0 Å². The van der Waals surface area contributed by atoms with Crippen molar-refractivity contribution in [2.75, 3.05) is 5.32 Å². The van der Waals surface area contributed by atoms with Crippen molar-refractivity contribution in [3.63, 3.8) is 0 Å². The highest BCUT2D eigenvalue weighted by molar-refractivity contribution is 6.15. The molecule has 5 nitrogen and oxygen atoms in total. The monoisotopic (exact) mass is 383 g/mol. The molecule has 0 bridgehead atoms. The number of hydrogen-bond acceptors (Lipinski definition) is 3. The number of hydrogen-bond donors (Lipinski definition) is 2. The predicted octanol–water partition coefficient (Wildman–Crippen LogP) is 4.22. The van der Waals surface area contributed by atoms with Crippen molar-refractivity contribution in [1.82, 2.24) is 4.98 Å². The summed E-state index contributed by atoms with van der Waals surface area (Å²) in [5, 5.41) is 2.39. The van der Waals surface area contributed by atoms with Crippen molar-refractivity contribution in [1.29, 1.82) is 0 Å². The first-order valence-corrected chi connectivity index (χ1v) is 8.21. The highest BCUT2D eigenvalue weighted by atomic mass is 19.4. The zero-order valence-corrected chi connectivity index (χ0v) is 14.2. The Morgan fingerprint density at radius 1 is 1.07 bits per heavy atom. The quantitative estimate of drug-likeness (QED) is 0.711. The predicted molar refractivity (Wildman–Crippen MR) is 100 cm³/mol. The van der Waals surface area contributed by atoms with Crippen LogP contribution in [0.3, 0.4) is 0 Å². The Balaban J connectivity index is 1.85. The molecule has 140 valence electrons. The molecule has 3 aromatic rings. The van der Waals surface area contributed by atoms with Gasteiger partial charge in [-0.25, -0.2) is 0 Å². The average Bonchev–Trinajstić information content (AvgIpc) is 2.60. The van der Waals surface area contributed by atoms with Gasteiger partial charge in [0, 0.05) is 35.1 Å². The number of rotatable bonds is 3. The summed E-state index contributed by atoms with van der Waals surface area (Å²) >= 11 is 0. The molecule has 2 heterocycles. The molecule has 1 aromatic heterocycles. The van der Waals surface area contributed by atoms with Crippen LogP contribution in [-0.2, 0) is 6.18 Å². The molecular formula is C20H12F3N3O2. The number of benzene rings is 2. The lowest BCUT2D eigenvalue weighted by Gasteiger charge is -2.15. The standard InChI is InChI=1S/C20H12F3N3O2/c21-20(22,23)15-7-11(12-9-24-10-12)6-14-17(27)8-16(26-18(14)15)19(28)25-13-4-2-1-3-5-13/h1-10H,(H,25,28)(H,26,27). The van der Waals surface area contributed by atoms with Gasteiger partial charge in [-0.15, -0.1) is 0 Å². The molecule has 28 heavy (non-hydrogen) atoms. The lowest BCUT2D eigenvalue weighted by Crippen LogP contribution is -2.19. The maximum atomic E-state index is 13.6. The van der Waals surface area contributed by atoms with Gasteiger partial charge in [0.15, 0.2) is 5.43 Å². The van der Waals surface area contributed by atoms with Crippen LogP contribution in [0.5, 0.6) is 0 Å². The van der Waals surface area contributed by atoms with Crippen LogP contribution in [0.15, 0.2) is 64.5 Å². The summed E-state index contributed by atoms with van der Waals surface area (Å²) in [5.74, 6) is -0.712. The van der Waals surface area contributed by atoms with Gasteiger partial charge in [0.25, 0.3) is 5.91 Å². The summed E-state index contributed by atoms with van der Waals surface area (Å²) in [4.78, 5) is 31.1. The number of carbonyl (C=O) groups is 1. The second-order valence-electron chi connectivity index (χ2n) is 6.17. The van der Waals surface area contributed by atoms with E-state index in [-0.39, 0.29) is 16.6 Å². The number of carbonyl (C=O) groups excluding carboxylic acids is 1. The number of fused-ring (bicyclic) bond motifs is 1. The molecule has 1 aliphatic heterocycles. The summed E-state index contributed by atoms with van der Waals surface area (Å²) in [7, 11) is 0.